The molecule has 10 aromatic rings. The molecule has 32 heteroatoms. The Morgan fingerprint density at radius 2 is 0.622 bits per heavy atom. The van der Waals surface area contributed by atoms with Gasteiger partial charge in [0.15, 0.2) is 42.1 Å². The molecular weight excluding hydrogens is 2190 g/mol. The number of likely N-dealkylation sites (N-methyl/N-ethyl adjacent to an activating group) is 1. The van der Waals surface area contributed by atoms with E-state index < -0.39 is 0 Å². The molecule has 8 N–H and O–H groups in total. The van der Waals surface area contributed by atoms with Gasteiger partial charge in [-0.25, -0.2) is 0 Å². The van der Waals surface area contributed by atoms with Crippen LogP contribution in [0.4, 0.5) is 28.4 Å². The number of benzene rings is 10. The van der Waals surface area contributed by atoms with Crippen LogP contribution in [-0.2, 0) is 89.8 Å². The van der Waals surface area contributed by atoms with Gasteiger partial charge in [0.1, 0.15) is 61.5 Å². The average molecular weight is 2310 g/mol. The van der Waals surface area contributed by atoms with Gasteiger partial charge in [0.2, 0.25) is 0 Å². The normalized spacial score (nSPS) is 20.9. The number of fused-ring (bicyclic) bond motifs is 10. The number of quaternary nitrogens is 2. The summed E-state index contributed by atoms with van der Waals surface area (Å²) < 4.78 is 9.80. The van der Waals surface area contributed by atoms with E-state index >= 15 is 0 Å². The minimum Gasteiger partial charge on any atom is -0.465 e. The summed E-state index contributed by atoms with van der Waals surface area (Å²) in [6.07, 6.45) is 11.9. The van der Waals surface area contributed by atoms with Gasteiger partial charge in [0.05, 0.1) is 89.6 Å². The monoisotopic (exact) mass is 2310 g/mol. The summed E-state index contributed by atoms with van der Waals surface area (Å²) >= 11 is 17.6. The molecule has 23 rings (SSSR count). The Morgan fingerprint density at radius 1 is 0.338 bits per heavy atom. The molecule has 3 fully saturated rings. The van der Waals surface area contributed by atoms with E-state index in [1.165, 1.54) is 51.6 Å². The van der Waals surface area contributed by atoms with Gasteiger partial charge in [-0.05, 0) is 205 Å². The number of likely N-dealkylation sites (tertiary alicyclic amines) is 2. The first-order valence-electron chi connectivity index (χ1n) is 50.9. The summed E-state index contributed by atoms with van der Waals surface area (Å²) in [4.78, 5) is 113. The minimum absolute atomic E-state index is 0.0757. The third-order valence-corrected chi connectivity index (χ3v) is 30.5. The van der Waals surface area contributed by atoms with Crippen molar-refractivity contribution in [2.75, 3.05) is 158 Å². The number of hydrogen-bond donors (Lipinski definition) is 7. The molecule has 3 saturated heterocycles. The van der Waals surface area contributed by atoms with Crippen LogP contribution in [0.15, 0.2) is 289 Å². The number of piperidine rings is 2. The van der Waals surface area contributed by atoms with E-state index in [0.717, 1.165) is 241 Å². The first kappa shape index (κ1) is 104. The lowest BCUT2D eigenvalue weighted by Crippen LogP contribution is -3.13. The number of ketones is 5. The standard InChI is InChI=1S/C27H29BrN4O4.2C24H24BrN3O2.C21H19BrN2O2.C20H18BrN3O2/c1-2-35-24(34)17-32-11-9-31(10-12-32)13-14-36-30-26-20-5-3-4-6-22(20)29-27(26)25-21-16-19(28)8-7-18(21)15-23(25)33;2*25-17-9-8-16-14-21(29)22(19(16)15-17)24-23(18-6-2-3-7-20(18)26-24)27-30-13-12-28-10-4-1-5-11-28;1-2-3-10-26-24-20-15-6-4-5-7-17(15)23-21(20)19-16-12-14(22)9-8-13(16)11-18(19)25;1-22-8-9-26-24-19-14-4-2-3-5-16(14)23-20(19)18-15-11-13(21)7-6-12(15)10-17(18)25/h3-8,16,29H,2,9-15,17H2,1H3;2*2-3,6-9,15,26H,1,4-5,10-14H2;4-9,12,23H,2-3,10-11H2,1H3;2-7,11,22-23H,8-10H2,1H3/p+2/b27-25-,30-26+;2*24-22-,27-23+;21-19-,24-20+;20-18-,24-19+. The van der Waals surface area contributed by atoms with Gasteiger partial charge >= 0.3 is 5.97 Å². The maximum absolute atomic E-state index is 13.0. The number of oxime groups is 5. The van der Waals surface area contributed by atoms with Gasteiger partial charge in [-0.3, -0.25) is 43.5 Å². The fourth-order valence-corrected chi connectivity index (χ4v) is 22.4. The van der Waals surface area contributed by atoms with Crippen LogP contribution in [0.3, 0.4) is 0 Å². The first-order chi connectivity index (χ1) is 72.3. The Kier molecular flexibility index (Phi) is 34.2. The van der Waals surface area contributed by atoms with Crippen molar-refractivity contribution in [3.63, 3.8) is 0 Å². The Hall–Kier alpha value is -12.7. The molecule has 148 heavy (non-hydrogen) atoms. The fraction of sp³-hybridized carbons (Fsp3) is 0.302. The van der Waals surface area contributed by atoms with Crippen molar-refractivity contribution in [3.05, 3.63) is 347 Å². The maximum Gasteiger partial charge on any atom is 0.320 e. The molecule has 0 saturated carbocycles. The third-order valence-electron chi connectivity index (χ3n) is 28.0. The van der Waals surface area contributed by atoms with Gasteiger partial charge in [-0.2, -0.15) is 0 Å². The Bertz CT molecular complexity index is 6860. The number of esters is 1. The highest BCUT2D eigenvalue weighted by atomic mass is 79.9. The zero-order valence-electron chi connectivity index (χ0n) is 82.8. The van der Waals surface area contributed by atoms with E-state index in [0.29, 0.717) is 135 Å². The van der Waals surface area contributed by atoms with Gasteiger partial charge in [-0.1, -0.05) is 247 Å². The Balaban J connectivity index is 0.000000117. The number of piperazine rings is 1. The van der Waals surface area contributed by atoms with Gasteiger partial charge < -0.3 is 65.7 Å². The van der Waals surface area contributed by atoms with Crippen LogP contribution >= 0.6 is 79.6 Å². The van der Waals surface area contributed by atoms with Crippen molar-refractivity contribution in [3.8, 4) is 0 Å². The highest BCUT2D eigenvalue weighted by molar-refractivity contribution is 9.11. The topological polar surface area (TPSA) is 311 Å². The lowest BCUT2D eigenvalue weighted by atomic mass is 10.0. The van der Waals surface area contributed by atoms with Crippen LogP contribution in [0, 0.1) is 0 Å². The van der Waals surface area contributed by atoms with E-state index in [-0.39, 0.29) is 34.9 Å². The van der Waals surface area contributed by atoms with Crippen molar-refractivity contribution in [1.82, 2.24) is 14.7 Å². The minimum atomic E-state index is -0.170. The number of hydrogen-bond acceptors (Lipinski definition) is 25. The van der Waals surface area contributed by atoms with Crippen LogP contribution in [0.5, 0.6) is 0 Å². The summed E-state index contributed by atoms with van der Waals surface area (Å²) in [7, 11) is 1.99. The van der Waals surface area contributed by atoms with E-state index in [1.54, 1.807) is 4.90 Å². The van der Waals surface area contributed by atoms with Crippen LogP contribution < -0.4 is 36.8 Å². The maximum atomic E-state index is 13.0. The summed E-state index contributed by atoms with van der Waals surface area (Å²) in [6, 6.07) is 69.6. The zero-order valence-corrected chi connectivity index (χ0v) is 90.7. The lowest BCUT2D eigenvalue weighted by molar-refractivity contribution is -0.905. The number of para-hydroxylation sites is 5. The quantitative estimate of drug-likeness (QED) is 0.0135. The molecule has 0 unspecified atom stereocenters. The third kappa shape index (κ3) is 23.8. The smallest absolute Gasteiger partial charge is 0.320 e. The number of ether oxygens (including phenoxy) is 1. The number of carbonyl (C=O) groups excluding carboxylic acids is 6. The van der Waals surface area contributed by atoms with E-state index in [2.05, 4.69) is 154 Å². The molecule has 0 amide bonds. The SMILES string of the molecule is CCCCO/N=C1/C(=C2/C(=O)Cc3ccc(Br)cc32)Nc2ccccc21.CCOC(=O)CN1CCN(CCO/N=C2/C(=C3/C(=O)Cc4ccc(Br)cc43)Nc3ccccc32)CC1.C[NH2+]CCO/N=C1/C(=C2/C(=O)Cc3ccc(Br)cc32)Nc2ccccc21.O=C1Cc2ccc(Br)cc2/C1=C1/Nc2ccccc2/C1=N\OCCN1CCCCC1.O=C1Cc2ccc(Br)cc2/C1=C1/Nc2ccccc2/C1=N\OCC[NH+]1CCCCC1. The number of Topliss-reactive ketones (excluding diaryl/α,β-unsaturated/α-hetero) is 5. The lowest BCUT2D eigenvalue weighted by Gasteiger charge is -2.33. The molecule has 0 radical (unpaired) electrons. The van der Waals surface area contributed by atoms with Gasteiger partial charge in [0, 0.05) is 150 Å². The second-order valence-electron chi connectivity index (χ2n) is 37.9. The highest BCUT2D eigenvalue weighted by Crippen LogP contribution is 2.47. The largest absolute Gasteiger partial charge is 0.465 e. The van der Waals surface area contributed by atoms with Crippen molar-refractivity contribution >= 4 is 199 Å². The number of unbranched alkanes of at least 4 members (excludes halogenated alkanes) is 1. The van der Waals surface area contributed by atoms with Gasteiger partial charge in [-0.15, -0.1) is 0 Å². The van der Waals surface area contributed by atoms with Gasteiger partial charge in [0.25, 0.3) is 0 Å². The van der Waals surface area contributed by atoms with E-state index in [4.69, 9.17) is 28.9 Å². The number of nitrogens with two attached hydrogens (primary N) is 1. The van der Waals surface area contributed by atoms with Crippen LogP contribution in [-0.4, -0.2) is 210 Å². The number of allylic oxidation sites excluding steroid dienone is 10. The second kappa shape index (κ2) is 48.7. The molecule has 5 aliphatic carbocycles. The molecule has 27 nitrogen and oxygen atoms in total. The molecule has 8 heterocycles. The fourth-order valence-electron chi connectivity index (χ4n) is 20.6. The number of carbonyl (C=O) groups is 6. The molecule has 8 aliphatic heterocycles. The Morgan fingerprint density at radius 3 is 0.932 bits per heavy atom. The van der Waals surface area contributed by atoms with E-state index in [9.17, 15) is 28.8 Å². The van der Waals surface area contributed by atoms with Crippen LogP contribution in [0.2, 0.25) is 0 Å². The molecule has 0 bridgehead atoms. The number of nitrogens with one attached hydrogen (secondary N) is 6. The van der Waals surface area contributed by atoms with Crippen molar-refractivity contribution in [2.24, 2.45) is 25.8 Å². The molecule has 0 atom stereocenters. The first-order valence-corrected chi connectivity index (χ1v) is 54.9. The average Bonchev–Trinajstić information content (AvgIpc) is 1.62. The number of rotatable bonds is 23. The predicted octanol–water partition coefficient (Wildman–Crippen LogP) is 18.4. The van der Waals surface area contributed by atoms with Crippen molar-refractivity contribution < 1.29 is 67.9 Å². The highest BCUT2D eigenvalue weighted by Gasteiger charge is 2.42. The summed E-state index contributed by atoms with van der Waals surface area (Å²) in [5.41, 5.74) is 30.0. The summed E-state index contributed by atoms with van der Waals surface area (Å²) in [6.45, 7) is 18.8. The van der Waals surface area contributed by atoms with Crippen LogP contribution in [0.25, 0.3) is 27.9 Å². The summed E-state index contributed by atoms with van der Waals surface area (Å²) in [5.74, 6) is 0.337. The summed E-state index contributed by atoms with van der Waals surface area (Å²) in [5, 5.41) is 41.4. The van der Waals surface area contributed by atoms with Crippen LogP contribution in [0.1, 0.15) is 149 Å². The predicted molar refractivity (Wildman–Crippen MR) is 598 cm³/mol. The van der Waals surface area contributed by atoms with E-state index in [1.807, 2.05) is 232 Å². The molecule has 760 valence electrons. The number of halogens is 5. The molecular formula is C116H116Br5N15O12+2. The van der Waals surface area contributed by atoms with Crippen molar-refractivity contribution in [2.45, 2.75) is 97.3 Å². The molecule has 0 aromatic heterocycles. The van der Waals surface area contributed by atoms with Crippen molar-refractivity contribution in [1.29, 1.82) is 0 Å². The number of nitrogens with zero attached hydrogens (tertiary/aromatic N) is 8. The molecule has 13 aliphatic rings. The second-order valence-corrected chi connectivity index (χ2v) is 42.5. The number of anilines is 5. The zero-order chi connectivity index (χ0) is 102. The Labute approximate surface area is 902 Å². The molecule has 0 spiro atoms. The molecule has 10 aromatic carbocycles.